The summed E-state index contributed by atoms with van der Waals surface area (Å²) in [5.41, 5.74) is 0.925. The van der Waals surface area contributed by atoms with Crippen molar-refractivity contribution in [1.82, 2.24) is 10.3 Å². The molecule has 3 N–H and O–H groups in total. The molecule has 29 heavy (non-hydrogen) atoms. The minimum absolute atomic E-state index is 0.0411. The van der Waals surface area contributed by atoms with Crippen LogP contribution in [0.15, 0.2) is 0 Å². The Morgan fingerprint density at radius 1 is 1.24 bits per heavy atom. The monoisotopic (exact) mass is 444 g/mol. The molecule has 1 rings (SSSR count). The zero-order valence-corrected chi connectivity index (χ0v) is 21.3. The number of rotatable bonds is 10. The van der Waals surface area contributed by atoms with Crippen molar-refractivity contribution in [2.24, 2.45) is 11.8 Å². The molecule has 8 heteroatoms. The van der Waals surface area contributed by atoms with E-state index in [4.69, 9.17) is 14.5 Å². The summed E-state index contributed by atoms with van der Waals surface area (Å²) in [6.45, 7) is 20.3. The van der Waals surface area contributed by atoms with Crippen molar-refractivity contribution in [3.8, 4) is 0 Å². The number of nitrogens with one attached hydrogen (secondary N) is 1. The molecule has 2 atom stereocenters. The van der Waals surface area contributed by atoms with Gasteiger partial charge in [0.05, 0.1) is 12.3 Å². The lowest BCUT2D eigenvalue weighted by Crippen LogP contribution is -2.40. The summed E-state index contributed by atoms with van der Waals surface area (Å²) in [5.74, 6) is 0.600. The molecule has 0 spiro atoms. The number of hydrogen-bond donors (Lipinski definition) is 3. The highest BCUT2D eigenvalue weighted by Gasteiger charge is 2.37. The normalized spacial score (nSPS) is 15.0. The van der Waals surface area contributed by atoms with Gasteiger partial charge < -0.3 is 20.0 Å². The largest absolute Gasteiger partial charge is 0.465 e. The van der Waals surface area contributed by atoms with Gasteiger partial charge in [0.1, 0.15) is 11.1 Å². The molecule has 1 heterocycles. The third kappa shape index (κ3) is 7.66. The number of aliphatic hydroxyl groups is 1. The quantitative estimate of drug-likeness (QED) is 0.400. The van der Waals surface area contributed by atoms with Crippen LogP contribution < -0.4 is 5.32 Å². The molecule has 0 radical (unpaired) electrons. The van der Waals surface area contributed by atoms with Crippen molar-refractivity contribution in [2.75, 3.05) is 6.54 Å². The van der Waals surface area contributed by atoms with E-state index in [-0.39, 0.29) is 16.9 Å². The van der Waals surface area contributed by atoms with Crippen LogP contribution >= 0.6 is 11.3 Å². The van der Waals surface area contributed by atoms with Crippen molar-refractivity contribution < 1.29 is 19.4 Å². The molecule has 6 nitrogen and oxygen atoms in total. The molecule has 168 valence electrons. The van der Waals surface area contributed by atoms with Crippen LogP contribution in [0.5, 0.6) is 0 Å². The fourth-order valence-electron chi connectivity index (χ4n) is 2.74. The fourth-order valence-corrected chi connectivity index (χ4v) is 4.74. The van der Waals surface area contributed by atoms with E-state index in [0.29, 0.717) is 30.5 Å². The van der Waals surface area contributed by atoms with Crippen LogP contribution in [0.2, 0.25) is 18.1 Å². The molecule has 1 aromatic rings. The number of hydrogen-bond acceptors (Lipinski definition) is 5. The summed E-state index contributed by atoms with van der Waals surface area (Å²) in [7, 11) is -1.89. The van der Waals surface area contributed by atoms with Gasteiger partial charge in [-0.25, -0.2) is 9.78 Å². The topological polar surface area (TPSA) is 91.7 Å². The lowest BCUT2D eigenvalue weighted by molar-refractivity contribution is 0.126. The number of amides is 1. The Morgan fingerprint density at radius 3 is 2.28 bits per heavy atom. The molecular weight excluding hydrogens is 404 g/mol. The van der Waals surface area contributed by atoms with E-state index < -0.39 is 20.5 Å². The number of thiazole rings is 1. The standard InChI is InChI=1S/C21H40N2O4SSi/c1-13(2)15(11-22-20(25)26)10-17(24)19-23-16(18(28-19)14(3)4)12-27-29(8,9)21(5,6)7/h13-15,17,22,24H,10-12H2,1-9H3,(H,25,26)/t15-,17+/m0/s1. The van der Waals surface area contributed by atoms with Crippen LogP contribution in [-0.2, 0) is 11.0 Å². The summed E-state index contributed by atoms with van der Waals surface area (Å²) in [4.78, 5) is 16.7. The maximum atomic E-state index is 10.8. The molecule has 1 amide bonds. The lowest BCUT2D eigenvalue weighted by atomic mass is 9.90. The minimum atomic E-state index is -1.89. The molecule has 1 aromatic heterocycles. The van der Waals surface area contributed by atoms with Gasteiger partial charge in [-0.05, 0) is 42.3 Å². The first-order valence-corrected chi connectivity index (χ1v) is 14.2. The Hall–Kier alpha value is -0.963. The number of carboxylic acid groups (broad SMARTS) is 1. The summed E-state index contributed by atoms with van der Waals surface area (Å²) < 4.78 is 6.37. The van der Waals surface area contributed by atoms with Gasteiger partial charge in [-0.15, -0.1) is 11.3 Å². The Kier molecular flexibility index (Phi) is 9.33. The van der Waals surface area contributed by atoms with Crippen molar-refractivity contribution in [3.05, 3.63) is 15.6 Å². The van der Waals surface area contributed by atoms with Crippen LogP contribution in [0, 0.1) is 11.8 Å². The summed E-state index contributed by atoms with van der Waals surface area (Å²) in [6.07, 6.45) is -1.26. The van der Waals surface area contributed by atoms with E-state index in [1.165, 1.54) is 0 Å². The predicted molar refractivity (Wildman–Crippen MR) is 122 cm³/mol. The molecule has 0 saturated carbocycles. The van der Waals surface area contributed by atoms with E-state index in [9.17, 15) is 9.90 Å². The van der Waals surface area contributed by atoms with Crippen molar-refractivity contribution in [2.45, 2.75) is 91.6 Å². The highest BCUT2D eigenvalue weighted by atomic mass is 32.1. The Balaban J connectivity index is 2.97. The first-order valence-electron chi connectivity index (χ1n) is 10.4. The van der Waals surface area contributed by atoms with E-state index in [1.807, 2.05) is 13.8 Å². The molecular formula is C21H40N2O4SSi. The van der Waals surface area contributed by atoms with Crippen LogP contribution in [-0.4, -0.2) is 36.2 Å². The summed E-state index contributed by atoms with van der Waals surface area (Å²) >= 11 is 1.55. The van der Waals surface area contributed by atoms with E-state index in [2.05, 4.69) is 53.0 Å². The maximum absolute atomic E-state index is 10.8. The first kappa shape index (κ1) is 26.1. The molecule has 0 aliphatic heterocycles. The average molecular weight is 445 g/mol. The van der Waals surface area contributed by atoms with Crippen molar-refractivity contribution in [3.63, 3.8) is 0 Å². The highest BCUT2D eigenvalue weighted by molar-refractivity contribution is 7.11. The Bertz CT molecular complexity index is 668. The van der Waals surface area contributed by atoms with Crippen molar-refractivity contribution in [1.29, 1.82) is 0 Å². The van der Waals surface area contributed by atoms with Crippen LogP contribution in [0.4, 0.5) is 4.79 Å². The zero-order valence-electron chi connectivity index (χ0n) is 19.5. The predicted octanol–water partition coefficient (Wildman–Crippen LogP) is 5.75. The second-order valence-corrected chi connectivity index (χ2v) is 15.9. The number of aliphatic hydroxyl groups excluding tert-OH is 1. The van der Waals surface area contributed by atoms with Gasteiger partial charge in [-0.2, -0.15) is 0 Å². The van der Waals surface area contributed by atoms with Crippen LogP contribution in [0.25, 0.3) is 0 Å². The second kappa shape index (κ2) is 10.4. The molecule has 0 aliphatic carbocycles. The smallest absolute Gasteiger partial charge is 0.404 e. The Morgan fingerprint density at radius 2 is 1.83 bits per heavy atom. The summed E-state index contributed by atoms with van der Waals surface area (Å²) in [6, 6.07) is 0. The SMILES string of the molecule is CC(C)c1sc([C@H](O)C[C@@H](CNC(=O)O)C(C)C)nc1CO[Si](C)(C)C(C)(C)C. The van der Waals surface area contributed by atoms with Gasteiger partial charge in [0.15, 0.2) is 8.32 Å². The third-order valence-electron chi connectivity index (χ3n) is 5.91. The van der Waals surface area contributed by atoms with E-state index in [1.54, 1.807) is 11.3 Å². The van der Waals surface area contributed by atoms with E-state index >= 15 is 0 Å². The number of aromatic nitrogens is 1. The van der Waals surface area contributed by atoms with E-state index in [0.717, 1.165) is 10.6 Å². The van der Waals surface area contributed by atoms with Gasteiger partial charge in [-0.3, -0.25) is 0 Å². The van der Waals surface area contributed by atoms with Crippen LogP contribution in [0.3, 0.4) is 0 Å². The Labute approximate surface area is 181 Å². The molecule has 0 aliphatic rings. The second-order valence-electron chi connectivity index (χ2n) is 10.0. The van der Waals surface area contributed by atoms with Gasteiger partial charge in [-0.1, -0.05) is 48.5 Å². The third-order valence-corrected chi connectivity index (χ3v) is 11.9. The number of nitrogens with zero attached hydrogens (tertiary/aromatic N) is 1. The van der Waals surface area contributed by atoms with Crippen LogP contribution in [0.1, 0.15) is 82.5 Å². The van der Waals surface area contributed by atoms with Gasteiger partial charge in [0.2, 0.25) is 0 Å². The first-order chi connectivity index (χ1) is 13.2. The van der Waals surface area contributed by atoms with Gasteiger partial charge in [0.25, 0.3) is 0 Å². The minimum Gasteiger partial charge on any atom is -0.465 e. The summed E-state index contributed by atoms with van der Waals surface area (Å²) in [5, 5.41) is 23.0. The van der Waals surface area contributed by atoms with Crippen molar-refractivity contribution >= 4 is 25.7 Å². The number of carbonyl (C=O) groups is 1. The molecule has 0 aromatic carbocycles. The lowest BCUT2D eigenvalue weighted by Gasteiger charge is -2.36. The fraction of sp³-hybridized carbons (Fsp3) is 0.810. The molecule has 0 bridgehead atoms. The zero-order chi connectivity index (χ0) is 22.6. The van der Waals surface area contributed by atoms with Gasteiger partial charge >= 0.3 is 6.09 Å². The molecule has 0 fully saturated rings. The molecule has 0 unspecified atom stereocenters. The average Bonchev–Trinajstić information content (AvgIpc) is 2.99. The molecule has 0 saturated heterocycles. The van der Waals surface area contributed by atoms with Gasteiger partial charge in [0, 0.05) is 11.4 Å². The maximum Gasteiger partial charge on any atom is 0.404 e. The highest BCUT2D eigenvalue weighted by Crippen LogP contribution is 2.39.